The lowest BCUT2D eigenvalue weighted by Gasteiger charge is -2.43. The molecule has 1 amide bonds. The monoisotopic (exact) mass is 941 g/mol. The number of ketones is 2. The smallest absolute Gasteiger partial charge is 0.306 e. The summed E-state index contributed by atoms with van der Waals surface area (Å²) in [5, 5.41) is 9.14. The van der Waals surface area contributed by atoms with Crippen LogP contribution in [0.15, 0.2) is 78.9 Å². The molecular formula is C54H71NO13. The van der Waals surface area contributed by atoms with E-state index in [9.17, 15) is 28.8 Å². The number of carboxylic acids is 1. The number of hydrogen-bond acceptors (Lipinski definition) is 12. The molecular weight excluding hydrogens is 871 g/mol. The van der Waals surface area contributed by atoms with Crippen LogP contribution < -0.4 is 9.47 Å². The van der Waals surface area contributed by atoms with Crippen LogP contribution in [0.4, 0.5) is 0 Å². The van der Waals surface area contributed by atoms with Crippen molar-refractivity contribution in [2.24, 2.45) is 17.8 Å². The van der Waals surface area contributed by atoms with Gasteiger partial charge in [0.05, 0.1) is 58.5 Å². The predicted octanol–water partition coefficient (Wildman–Crippen LogP) is 8.67. The van der Waals surface area contributed by atoms with Gasteiger partial charge in [0.15, 0.2) is 0 Å². The van der Waals surface area contributed by atoms with Gasteiger partial charge in [-0.1, -0.05) is 88.2 Å². The van der Waals surface area contributed by atoms with E-state index in [1.165, 1.54) is 6.92 Å². The lowest BCUT2D eigenvalue weighted by Crippen LogP contribution is -2.47. The first-order chi connectivity index (χ1) is 32.6. The number of rotatable bonds is 27. The molecule has 3 aromatic carbocycles. The van der Waals surface area contributed by atoms with Crippen molar-refractivity contribution in [2.75, 3.05) is 34.0 Å². The van der Waals surface area contributed by atoms with E-state index in [1.807, 2.05) is 78.9 Å². The quantitative estimate of drug-likeness (QED) is 0.0436. The third kappa shape index (κ3) is 14.9. The molecule has 2 aliphatic heterocycles. The second kappa shape index (κ2) is 26.2. The van der Waals surface area contributed by atoms with Crippen molar-refractivity contribution in [1.29, 1.82) is 0 Å². The average Bonchev–Trinajstić information content (AvgIpc) is 3.74. The van der Waals surface area contributed by atoms with Crippen molar-refractivity contribution < 1.29 is 62.3 Å². The highest BCUT2D eigenvalue weighted by Crippen LogP contribution is 2.43. The van der Waals surface area contributed by atoms with Crippen LogP contribution in [0.1, 0.15) is 128 Å². The van der Waals surface area contributed by atoms with Gasteiger partial charge in [-0.05, 0) is 78.0 Å². The Morgan fingerprint density at radius 2 is 1.21 bits per heavy atom. The molecule has 0 bridgehead atoms. The topological polar surface area (TPSA) is 181 Å². The minimum absolute atomic E-state index is 0.0618. The number of Topliss-reactive ketones (excluding diaryl/α,β-unsaturated/α-hetero) is 2. The molecule has 14 heteroatoms. The highest BCUT2D eigenvalue weighted by Gasteiger charge is 2.43. The van der Waals surface area contributed by atoms with Crippen LogP contribution in [0.2, 0.25) is 0 Å². The van der Waals surface area contributed by atoms with Crippen molar-refractivity contribution in [3.63, 3.8) is 0 Å². The molecule has 2 saturated heterocycles. The number of unbranched alkanes of at least 4 members (excludes halogenated alkanes) is 3. The summed E-state index contributed by atoms with van der Waals surface area (Å²) in [4.78, 5) is 76.8. The summed E-state index contributed by atoms with van der Waals surface area (Å²) in [6.45, 7) is 8.09. The summed E-state index contributed by atoms with van der Waals surface area (Å²) >= 11 is 0. The number of carbonyl (C=O) groups is 6. The number of aliphatic carboxylic acids is 1. The zero-order valence-corrected chi connectivity index (χ0v) is 40.7. The van der Waals surface area contributed by atoms with Crippen LogP contribution in [0, 0.1) is 17.8 Å². The van der Waals surface area contributed by atoms with Gasteiger partial charge >= 0.3 is 17.9 Å². The van der Waals surface area contributed by atoms with Gasteiger partial charge in [0, 0.05) is 45.4 Å². The first-order valence-corrected chi connectivity index (χ1v) is 24.2. The number of hydrogen-bond donors (Lipinski definition) is 1. The van der Waals surface area contributed by atoms with Crippen molar-refractivity contribution >= 4 is 35.4 Å². The third-order valence-corrected chi connectivity index (χ3v) is 13.8. The maximum Gasteiger partial charge on any atom is 0.306 e. The standard InChI is InChI=1S/C54H71NO13/c1-36-37(2)49(68-50(38(36)3)35-65-39(4)56)32-45(58)19-14-18-44(57)17-12-7-8-13-20-51(59)55-33-48(67-53(62)30-29-52(60)61)31-43(55)34-66-54(40-15-10-9-11-16-40,41-21-25-46(63-5)26-22-41)42-23-27-47(64-6)28-24-42/h9-11,15-16,21-28,36-38,43,48-50H,7-8,12-14,17-20,29-35H2,1-6H3,(H,60,61)/t36?,37?,38?,43-,48+,49?,50?/m0/s1. The SMILES string of the molecule is COc1ccc(C(OC[C@@H]2C[C@@H](OC(=O)CCC(=O)O)CN2C(=O)CCCCCCC(=O)CCCC(=O)CC2OC(COC(C)=O)C(C)C(C)C2C)(c2ccccc2)c2ccc(OC)cc2)cc1. The van der Waals surface area contributed by atoms with Gasteiger partial charge in [-0.15, -0.1) is 0 Å². The van der Waals surface area contributed by atoms with E-state index < -0.39 is 29.7 Å². The Morgan fingerprint density at radius 1 is 0.647 bits per heavy atom. The average molecular weight is 942 g/mol. The molecule has 0 aliphatic carbocycles. The number of likely N-dealkylation sites (tertiary alicyclic amines) is 1. The molecule has 0 aromatic heterocycles. The van der Waals surface area contributed by atoms with Crippen LogP contribution in [0.3, 0.4) is 0 Å². The van der Waals surface area contributed by atoms with Crippen LogP contribution in [0.25, 0.3) is 0 Å². The van der Waals surface area contributed by atoms with Gasteiger partial charge in [0.1, 0.15) is 41.4 Å². The first kappa shape index (κ1) is 53.4. The van der Waals surface area contributed by atoms with E-state index in [0.29, 0.717) is 62.4 Å². The highest BCUT2D eigenvalue weighted by atomic mass is 16.6. The number of carbonyl (C=O) groups excluding carboxylic acids is 5. The second-order valence-corrected chi connectivity index (χ2v) is 18.4. The van der Waals surface area contributed by atoms with Crippen LogP contribution >= 0.6 is 0 Å². The number of benzene rings is 3. The molecule has 3 aromatic rings. The van der Waals surface area contributed by atoms with Gasteiger partial charge in [-0.2, -0.15) is 0 Å². The minimum atomic E-state index is -1.14. The van der Waals surface area contributed by atoms with E-state index in [0.717, 1.165) is 29.5 Å². The fourth-order valence-electron chi connectivity index (χ4n) is 9.45. The number of esters is 2. The molecule has 2 fully saturated rings. The van der Waals surface area contributed by atoms with Crippen molar-refractivity contribution in [1.82, 2.24) is 4.90 Å². The van der Waals surface area contributed by atoms with Gasteiger partial charge in [-0.3, -0.25) is 28.8 Å². The van der Waals surface area contributed by atoms with Crippen LogP contribution in [-0.4, -0.2) is 104 Å². The molecule has 7 atom stereocenters. The fourth-order valence-corrected chi connectivity index (χ4v) is 9.45. The Labute approximate surface area is 401 Å². The van der Waals surface area contributed by atoms with Gasteiger partial charge in [0.25, 0.3) is 0 Å². The molecule has 14 nitrogen and oxygen atoms in total. The molecule has 68 heavy (non-hydrogen) atoms. The van der Waals surface area contributed by atoms with E-state index >= 15 is 0 Å². The predicted molar refractivity (Wildman–Crippen MR) is 254 cm³/mol. The summed E-state index contributed by atoms with van der Waals surface area (Å²) in [7, 11) is 3.21. The third-order valence-electron chi connectivity index (χ3n) is 13.8. The summed E-state index contributed by atoms with van der Waals surface area (Å²) < 4.78 is 35.3. The molecule has 5 unspecified atom stereocenters. The summed E-state index contributed by atoms with van der Waals surface area (Å²) in [6, 6.07) is 24.7. The Balaban J connectivity index is 1.16. The molecule has 0 radical (unpaired) electrons. The van der Waals surface area contributed by atoms with Crippen LogP contribution in [0.5, 0.6) is 11.5 Å². The van der Waals surface area contributed by atoms with Crippen molar-refractivity contribution in [2.45, 2.75) is 141 Å². The largest absolute Gasteiger partial charge is 0.497 e. The molecule has 5 rings (SSSR count). The zero-order valence-electron chi connectivity index (χ0n) is 40.7. The molecule has 2 heterocycles. The fraction of sp³-hybridized carbons (Fsp3) is 0.556. The van der Waals surface area contributed by atoms with Crippen molar-refractivity contribution in [3.05, 3.63) is 95.6 Å². The van der Waals surface area contributed by atoms with E-state index in [-0.39, 0.29) is 92.9 Å². The van der Waals surface area contributed by atoms with E-state index in [1.54, 1.807) is 19.1 Å². The molecule has 0 saturated carbocycles. The van der Waals surface area contributed by atoms with Crippen LogP contribution in [-0.2, 0) is 53.3 Å². The van der Waals surface area contributed by atoms with Gasteiger partial charge < -0.3 is 38.4 Å². The highest BCUT2D eigenvalue weighted by molar-refractivity contribution is 5.81. The summed E-state index contributed by atoms with van der Waals surface area (Å²) in [6.07, 6.45) is 3.34. The Bertz CT molecular complexity index is 2060. The molecule has 2 aliphatic rings. The lowest BCUT2D eigenvalue weighted by atomic mass is 9.75. The molecule has 370 valence electrons. The first-order valence-electron chi connectivity index (χ1n) is 24.2. The molecule has 0 spiro atoms. The van der Waals surface area contributed by atoms with Gasteiger partial charge in [0.2, 0.25) is 5.91 Å². The lowest BCUT2D eigenvalue weighted by molar-refractivity contribution is -0.171. The Kier molecular flexibility index (Phi) is 20.6. The number of carboxylic acid groups (broad SMARTS) is 1. The van der Waals surface area contributed by atoms with E-state index in [2.05, 4.69) is 20.8 Å². The molecule has 1 N–H and O–H groups in total. The second-order valence-electron chi connectivity index (χ2n) is 18.4. The zero-order chi connectivity index (χ0) is 49.2. The maximum atomic E-state index is 14.1. The van der Waals surface area contributed by atoms with Gasteiger partial charge in [-0.25, -0.2) is 0 Å². The van der Waals surface area contributed by atoms with E-state index in [4.69, 9.17) is 33.5 Å². The Morgan fingerprint density at radius 3 is 1.79 bits per heavy atom. The normalized spacial score (nSPS) is 21.4. The number of nitrogens with zero attached hydrogens (tertiary/aromatic N) is 1. The Hall–Kier alpha value is -5.60. The maximum absolute atomic E-state index is 14.1. The summed E-state index contributed by atoms with van der Waals surface area (Å²) in [5.41, 5.74) is 1.36. The van der Waals surface area contributed by atoms with Crippen molar-refractivity contribution in [3.8, 4) is 11.5 Å². The number of methoxy groups -OCH3 is 2. The number of amides is 1. The minimum Gasteiger partial charge on any atom is -0.497 e. The number of ether oxygens (including phenoxy) is 6. The summed E-state index contributed by atoms with van der Waals surface area (Å²) in [5.74, 6) is -0.0258.